The van der Waals surface area contributed by atoms with Gasteiger partial charge in [0.2, 0.25) is 0 Å². The Morgan fingerprint density at radius 1 is 1.38 bits per heavy atom. The summed E-state index contributed by atoms with van der Waals surface area (Å²) < 4.78 is 0. The summed E-state index contributed by atoms with van der Waals surface area (Å²) in [6, 6.07) is 5.50. The van der Waals surface area contributed by atoms with Gasteiger partial charge < -0.3 is 4.98 Å². The highest BCUT2D eigenvalue weighted by Crippen LogP contribution is 2.33. The first-order valence-electron chi connectivity index (χ1n) is 4.74. The molecule has 1 unspecified atom stereocenters. The summed E-state index contributed by atoms with van der Waals surface area (Å²) in [6.07, 6.45) is 4.30. The molecule has 1 atom stereocenters. The normalized spacial score (nSPS) is 12.7. The highest BCUT2D eigenvalue weighted by atomic mass is 79.9. The van der Waals surface area contributed by atoms with Crippen molar-refractivity contribution < 1.29 is 0 Å². The van der Waals surface area contributed by atoms with Crippen LogP contribution < -0.4 is 0 Å². The van der Waals surface area contributed by atoms with Crippen LogP contribution in [0.3, 0.4) is 0 Å². The summed E-state index contributed by atoms with van der Waals surface area (Å²) >= 11 is 15.6. The van der Waals surface area contributed by atoms with Gasteiger partial charge in [0.15, 0.2) is 0 Å². The molecule has 0 fully saturated rings. The molecule has 0 radical (unpaired) electrons. The number of hydrogen-bond acceptors (Lipinski definition) is 1. The SMILES string of the molecule is Clc1ccc(C(Br)Cc2ncc[nH]2)c(Cl)c1. The number of nitrogens with zero attached hydrogens (tertiary/aromatic N) is 1. The van der Waals surface area contributed by atoms with E-state index in [4.69, 9.17) is 23.2 Å². The highest BCUT2D eigenvalue weighted by Gasteiger charge is 2.13. The van der Waals surface area contributed by atoms with E-state index in [0.29, 0.717) is 10.0 Å². The lowest BCUT2D eigenvalue weighted by atomic mass is 10.1. The maximum atomic E-state index is 6.12. The van der Waals surface area contributed by atoms with E-state index in [1.165, 1.54) is 0 Å². The lowest BCUT2D eigenvalue weighted by Gasteiger charge is -2.10. The van der Waals surface area contributed by atoms with Crippen LogP contribution in [-0.4, -0.2) is 9.97 Å². The smallest absolute Gasteiger partial charge is 0.107 e. The molecule has 1 heterocycles. The first kappa shape index (κ1) is 12.0. The molecule has 2 aromatic rings. The van der Waals surface area contributed by atoms with Crippen molar-refractivity contribution in [1.82, 2.24) is 9.97 Å². The van der Waals surface area contributed by atoms with Crippen molar-refractivity contribution in [3.8, 4) is 0 Å². The van der Waals surface area contributed by atoms with Crippen molar-refractivity contribution in [1.29, 1.82) is 0 Å². The zero-order chi connectivity index (χ0) is 11.5. The maximum Gasteiger partial charge on any atom is 0.107 e. The molecule has 0 saturated heterocycles. The molecule has 5 heteroatoms. The monoisotopic (exact) mass is 318 g/mol. The minimum absolute atomic E-state index is 0.128. The molecule has 84 valence electrons. The molecule has 2 rings (SSSR count). The summed E-state index contributed by atoms with van der Waals surface area (Å²) in [6.45, 7) is 0. The molecule has 0 aliphatic heterocycles. The lowest BCUT2D eigenvalue weighted by molar-refractivity contribution is 0.876. The molecule has 0 spiro atoms. The third-order valence-electron chi connectivity index (χ3n) is 2.23. The number of hydrogen-bond donors (Lipinski definition) is 1. The van der Waals surface area contributed by atoms with Crippen molar-refractivity contribution in [2.24, 2.45) is 0 Å². The van der Waals surface area contributed by atoms with Gasteiger partial charge in [0.1, 0.15) is 5.82 Å². The van der Waals surface area contributed by atoms with E-state index in [9.17, 15) is 0 Å². The summed E-state index contributed by atoms with van der Waals surface area (Å²) in [7, 11) is 0. The van der Waals surface area contributed by atoms with Gasteiger partial charge in [-0.2, -0.15) is 0 Å². The van der Waals surface area contributed by atoms with E-state index < -0.39 is 0 Å². The minimum atomic E-state index is 0.128. The minimum Gasteiger partial charge on any atom is -0.349 e. The fourth-order valence-electron chi connectivity index (χ4n) is 1.44. The number of aromatic nitrogens is 2. The van der Waals surface area contributed by atoms with E-state index in [0.717, 1.165) is 17.8 Å². The third-order valence-corrected chi connectivity index (χ3v) is 3.61. The second-order valence-electron chi connectivity index (χ2n) is 3.37. The zero-order valence-corrected chi connectivity index (χ0v) is 11.4. The van der Waals surface area contributed by atoms with Gasteiger partial charge in [-0.05, 0) is 17.7 Å². The molecule has 1 N–H and O–H groups in total. The van der Waals surface area contributed by atoms with Crippen LogP contribution in [0.1, 0.15) is 16.2 Å². The van der Waals surface area contributed by atoms with Crippen LogP contribution in [0.4, 0.5) is 0 Å². The van der Waals surface area contributed by atoms with Crippen LogP contribution in [-0.2, 0) is 6.42 Å². The van der Waals surface area contributed by atoms with Crippen molar-refractivity contribution >= 4 is 39.1 Å². The van der Waals surface area contributed by atoms with Gasteiger partial charge in [0, 0.05) is 33.7 Å². The topological polar surface area (TPSA) is 28.7 Å². The molecule has 2 nitrogen and oxygen atoms in total. The fourth-order valence-corrected chi connectivity index (χ4v) is 2.82. The molecular weight excluding hydrogens is 311 g/mol. The van der Waals surface area contributed by atoms with Crippen molar-refractivity contribution in [3.63, 3.8) is 0 Å². The van der Waals surface area contributed by atoms with Gasteiger partial charge >= 0.3 is 0 Å². The molecule has 1 aromatic carbocycles. The summed E-state index contributed by atoms with van der Waals surface area (Å²) in [5.74, 6) is 0.924. The maximum absolute atomic E-state index is 6.12. The summed E-state index contributed by atoms with van der Waals surface area (Å²) in [5, 5.41) is 1.31. The third kappa shape index (κ3) is 2.78. The Hall–Kier alpha value is -0.510. The summed E-state index contributed by atoms with van der Waals surface area (Å²) in [4.78, 5) is 7.36. The Balaban J connectivity index is 2.17. The highest BCUT2D eigenvalue weighted by molar-refractivity contribution is 9.09. The number of nitrogens with one attached hydrogen (secondary N) is 1. The largest absolute Gasteiger partial charge is 0.349 e. The average Bonchev–Trinajstić information content (AvgIpc) is 2.70. The van der Waals surface area contributed by atoms with Gasteiger partial charge in [-0.25, -0.2) is 4.98 Å². The summed E-state index contributed by atoms with van der Waals surface area (Å²) in [5.41, 5.74) is 1.02. The standard InChI is InChI=1S/C11H9BrCl2N2/c12-9(6-11-15-3-4-16-11)8-2-1-7(13)5-10(8)14/h1-5,9H,6H2,(H,15,16). The van der Waals surface area contributed by atoms with Gasteiger partial charge in [-0.3, -0.25) is 0 Å². The van der Waals surface area contributed by atoms with Gasteiger partial charge in [-0.15, -0.1) is 0 Å². The van der Waals surface area contributed by atoms with E-state index in [1.54, 1.807) is 18.5 Å². The van der Waals surface area contributed by atoms with E-state index >= 15 is 0 Å². The van der Waals surface area contributed by atoms with Gasteiger partial charge in [0.25, 0.3) is 0 Å². The zero-order valence-electron chi connectivity index (χ0n) is 8.25. The molecule has 0 aliphatic rings. The Kier molecular flexibility index (Phi) is 3.90. The van der Waals surface area contributed by atoms with Crippen LogP contribution in [0.25, 0.3) is 0 Å². The lowest BCUT2D eigenvalue weighted by Crippen LogP contribution is -1.98. The number of alkyl halides is 1. The van der Waals surface area contributed by atoms with Crippen molar-refractivity contribution in [3.05, 3.63) is 52.0 Å². The van der Waals surface area contributed by atoms with E-state index in [2.05, 4.69) is 25.9 Å². The number of aromatic amines is 1. The molecular formula is C11H9BrCl2N2. The van der Waals surface area contributed by atoms with Crippen LogP contribution in [0, 0.1) is 0 Å². The molecule has 0 amide bonds. The first-order valence-corrected chi connectivity index (χ1v) is 6.41. The van der Waals surface area contributed by atoms with Gasteiger partial charge in [0.05, 0.1) is 0 Å². The number of imidazole rings is 1. The van der Waals surface area contributed by atoms with Crippen molar-refractivity contribution in [2.75, 3.05) is 0 Å². The number of benzene rings is 1. The predicted molar refractivity (Wildman–Crippen MR) is 70.4 cm³/mol. The van der Waals surface area contributed by atoms with Crippen LogP contribution in [0.2, 0.25) is 10.0 Å². The number of H-pyrrole nitrogens is 1. The van der Waals surface area contributed by atoms with Gasteiger partial charge in [-0.1, -0.05) is 45.2 Å². The number of halogens is 3. The van der Waals surface area contributed by atoms with Crippen LogP contribution in [0.15, 0.2) is 30.6 Å². The Morgan fingerprint density at radius 3 is 2.81 bits per heavy atom. The Morgan fingerprint density at radius 2 is 2.19 bits per heavy atom. The molecule has 1 aromatic heterocycles. The second-order valence-corrected chi connectivity index (χ2v) is 5.32. The van der Waals surface area contributed by atoms with E-state index in [-0.39, 0.29) is 4.83 Å². The second kappa shape index (κ2) is 5.21. The molecule has 0 bridgehead atoms. The predicted octanol–water partition coefficient (Wildman–Crippen LogP) is 4.40. The average molecular weight is 320 g/mol. The Bertz CT molecular complexity index is 471. The Labute approximate surface area is 112 Å². The molecule has 0 aliphatic carbocycles. The van der Waals surface area contributed by atoms with Crippen molar-refractivity contribution in [2.45, 2.75) is 11.2 Å². The molecule has 0 saturated carbocycles. The quantitative estimate of drug-likeness (QED) is 0.835. The first-order chi connectivity index (χ1) is 7.66. The fraction of sp³-hybridized carbons (Fsp3) is 0.182. The number of rotatable bonds is 3. The van der Waals surface area contributed by atoms with Crippen LogP contribution in [0.5, 0.6) is 0 Å². The molecule has 16 heavy (non-hydrogen) atoms. The van der Waals surface area contributed by atoms with Crippen LogP contribution >= 0.6 is 39.1 Å². The van der Waals surface area contributed by atoms with E-state index in [1.807, 2.05) is 12.1 Å².